The number of unbranched alkanes of at least 4 members (excludes halogenated alkanes) is 30. The van der Waals surface area contributed by atoms with Crippen LogP contribution in [-0.2, 0) is 4.79 Å². The molecule has 0 atom stereocenters. The summed E-state index contributed by atoms with van der Waals surface area (Å²) in [5.41, 5.74) is 0. The zero-order valence-electron chi connectivity index (χ0n) is 37.8. The molecule has 0 saturated carbocycles. The van der Waals surface area contributed by atoms with Gasteiger partial charge >= 0.3 is 5.97 Å². The molecule has 0 aliphatic carbocycles. The first-order valence-electron chi connectivity index (χ1n) is 24.6. The van der Waals surface area contributed by atoms with Crippen molar-refractivity contribution in [1.82, 2.24) is 9.80 Å². The quantitative estimate of drug-likeness (QED) is 0.0421. The smallest absolute Gasteiger partial charge is 0.318 e. The number of hydrogen-bond acceptors (Lipinski definition) is 7. The summed E-state index contributed by atoms with van der Waals surface area (Å²) in [7, 11) is 0. The van der Waals surface area contributed by atoms with Crippen LogP contribution in [0.2, 0.25) is 0 Å². The Labute approximate surface area is 358 Å². The summed E-state index contributed by atoms with van der Waals surface area (Å²) in [6, 6.07) is 0. The SMILES string of the molecule is CCCCCCCCCCCCCCCCCCC1=NCCN1CCO.CCCCCCCCCCCCCCCCCCC1=NCCN1CCO.O=C(O)CCl. The lowest BCUT2D eigenvalue weighted by Gasteiger charge is -2.18. The fourth-order valence-corrected chi connectivity index (χ4v) is 7.92. The van der Waals surface area contributed by atoms with E-state index in [4.69, 9.17) is 26.9 Å². The monoisotopic (exact) mass is 827 g/mol. The summed E-state index contributed by atoms with van der Waals surface area (Å²) in [5.74, 6) is 1.19. The summed E-state index contributed by atoms with van der Waals surface area (Å²) >= 11 is 4.74. The van der Waals surface area contributed by atoms with Crippen LogP contribution in [0.5, 0.6) is 0 Å². The maximum atomic E-state index is 9.24. The fraction of sp³-hybridized carbons (Fsp3) is 0.938. The van der Waals surface area contributed by atoms with Crippen LogP contribution in [0.4, 0.5) is 0 Å². The number of hydrogen-bond donors (Lipinski definition) is 3. The van der Waals surface area contributed by atoms with Gasteiger partial charge in [-0.25, -0.2) is 0 Å². The van der Waals surface area contributed by atoms with Crippen molar-refractivity contribution >= 4 is 29.2 Å². The van der Waals surface area contributed by atoms with Gasteiger partial charge in [0, 0.05) is 39.0 Å². The van der Waals surface area contributed by atoms with Crippen molar-refractivity contribution in [2.24, 2.45) is 9.98 Å². The Morgan fingerprint density at radius 2 is 0.702 bits per heavy atom. The Morgan fingerprint density at radius 3 is 0.912 bits per heavy atom. The number of alkyl halides is 1. The molecule has 57 heavy (non-hydrogen) atoms. The number of halogens is 1. The van der Waals surface area contributed by atoms with Gasteiger partial charge in [0.1, 0.15) is 5.88 Å². The molecule has 2 rings (SSSR count). The zero-order valence-corrected chi connectivity index (χ0v) is 38.6. The Hall–Kier alpha value is -1.38. The lowest BCUT2D eigenvalue weighted by Crippen LogP contribution is -2.30. The molecule has 0 aromatic rings. The molecular formula is C48H95ClN4O4. The van der Waals surface area contributed by atoms with E-state index in [0.29, 0.717) is 0 Å². The molecule has 0 bridgehead atoms. The molecule has 0 amide bonds. The minimum atomic E-state index is -0.980. The average Bonchev–Trinajstić information content (AvgIpc) is 3.87. The third-order valence-corrected chi connectivity index (χ3v) is 11.6. The molecule has 3 N–H and O–H groups in total. The van der Waals surface area contributed by atoms with Crippen LogP contribution in [0.25, 0.3) is 0 Å². The number of aliphatic hydroxyl groups excluding tert-OH is 2. The van der Waals surface area contributed by atoms with Crippen LogP contribution in [0, 0.1) is 0 Å². The molecule has 0 unspecified atom stereocenters. The van der Waals surface area contributed by atoms with Crippen molar-refractivity contribution in [3.63, 3.8) is 0 Å². The molecule has 0 aromatic heterocycles. The molecule has 2 aliphatic rings. The first-order valence-corrected chi connectivity index (χ1v) is 25.1. The number of carboxylic acids is 1. The third-order valence-electron chi connectivity index (χ3n) is 11.4. The molecule has 0 fully saturated rings. The van der Waals surface area contributed by atoms with Gasteiger partial charge in [-0.3, -0.25) is 14.8 Å². The number of carbonyl (C=O) groups is 1. The van der Waals surface area contributed by atoms with Crippen LogP contribution in [0.15, 0.2) is 9.98 Å². The molecular weight excluding hydrogens is 732 g/mol. The van der Waals surface area contributed by atoms with Gasteiger partial charge in [-0.2, -0.15) is 0 Å². The number of amidine groups is 2. The van der Waals surface area contributed by atoms with Gasteiger partial charge < -0.3 is 25.1 Å². The van der Waals surface area contributed by atoms with E-state index in [1.54, 1.807) is 0 Å². The lowest BCUT2D eigenvalue weighted by molar-refractivity contribution is -0.134. The molecule has 0 spiro atoms. The van der Waals surface area contributed by atoms with Crippen molar-refractivity contribution in [1.29, 1.82) is 0 Å². The van der Waals surface area contributed by atoms with Crippen LogP contribution < -0.4 is 0 Å². The highest BCUT2D eigenvalue weighted by atomic mass is 35.5. The number of nitrogens with zero attached hydrogens (tertiary/aromatic N) is 4. The normalized spacial score (nSPS) is 13.6. The zero-order chi connectivity index (χ0) is 41.7. The van der Waals surface area contributed by atoms with Crippen molar-refractivity contribution in [2.75, 3.05) is 58.4 Å². The molecule has 0 saturated heterocycles. The molecule has 2 heterocycles. The van der Waals surface area contributed by atoms with Crippen LogP contribution in [-0.4, -0.2) is 101 Å². The first kappa shape index (κ1) is 55.6. The standard InChI is InChI=1S/2C23H46N2O.C2H3ClO2/c2*1-2-3-4-5-6-7-8-9-10-11-12-13-14-15-16-17-18-23-24-19-20-25(23)21-22-26;3-1-2(4)5/h2*26H,2-22H2,1H3;1H2,(H,4,5). The summed E-state index contributed by atoms with van der Waals surface area (Å²) in [5, 5.41) is 25.7. The number of rotatable bonds is 39. The molecule has 9 heteroatoms. The first-order chi connectivity index (χ1) is 28.0. The van der Waals surface area contributed by atoms with E-state index < -0.39 is 5.97 Å². The highest BCUT2D eigenvalue weighted by Crippen LogP contribution is 2.17. The van der Waals surface area contributed by atoms with E-state index in [1.807, 2.05) is 0 Å². The topological polar surface area (TPSA) is 109 Å². The van der Waals surface area contributed by atoms with Crippen molar-refractivity contribution < 1.29 is 20.1 Å². The van der Waals surface area contributed by atoms with Crippen LogP contribution >= 0.6 is 11.6 Å². The maximum Gasteiger partial charge on any atom is 0.318 e. The van der Waals surface area contributed by atoms with E-state index in [1.165, 1.54) is 217 Å². The van der Waals surface area contributed by atoms with Gasteiger partial charge in [-0.15, -0.1) is 11.6 Å². The van der Waals surface area contributed by atoms with Crippen molar-refractivity contribution in [3.05, 3.63) is 0 Å². The number of β-amino-alcohol motifs (C(OH)–C–C–N with tert-alkyl or cyclic N) is 2. The number of aliphatic imine (C=N–C) groups is 2. The van der Waals surface area contributed by atoms with Crippen molar-refractivity contribution in [2.45, 2.75) is 232 Å². The van der Waals surface area contributed by atoms with Gasteiger partial charge in [0.15, 0.2) is 0 Å². The molecule has 0 radical (unpaired) electrons. The van der Waals surface area contributed by atoms with Crippen LogP contribution in [0.3, 0.4) is 0 Å². The Morgan fingerprint density at radius 1 is 0.474 bits per heavy atom. The Kier molecular flexibility index (Phi) is 44.6. The summed E-state index contributed by atoms with van der Waals surface area (Å²) in [6.45, 7) is 10.5. The van der Waals surface area contributed by atoms with Crippen molar-refractivity contribution in [3.8, 4) is 0 Å². The highest BCUT2D eigenvalue weighted by Gasteiger charge is 2.16. The van der Waals surface area contributed by atoms with E-state index in [2.05, 4.69) is 33.6 Å². The van der Waals surface area contributed by atoms with Gasteiger partial charge in [0.25, 0.3) is 0 Å². The second kappa shape index (κ2) is 45.7. The summed E-state index contributed by atoms with van der Waals surface area (Å²) < 4.78 is 0. The van der Waals surface area contributed by atoms with E-state index >= 15 is 0 Å². The second-order valence-corrected chi connectivity index (χ2v) is 16.9. The van der Waals surface area contributed by atoms with Gasteiger partial charge in [0.2, 0.25) is 0 Å². The predicted octanol–water partition coefficient (Wildman–Crippen LogP) is 13.0. The predicted molar refractivity (Wildman–Crippen MR) is 249 cm³/mol. The minimum Gasteiger partial charge on any atom is -0.480 e. The highest BCUT2D eigenvalue weighted by molar-refractivity contribution is 6.26. The van der Waals surface area contributed by atoms with E-state index in [-0.39, 0.29) is 19.1 Å². The largest absolute Gasteiger partial charge is 0.480 e. The van der Waals surface area contributed by atoms with Gasteiger partial charge in [-0.05, 0) is 12.8 Å². The Balaban J connectivity index is 0.000000982. The summed E-state index contributed by atoms with van der Waals surface area (Å²) in [4.78, 5) is 22.9. The minimum absolute atomic E-state index is 0.248. The second-order valence-electron chi connectivity index (χ2n) is 16.7. The Bertz CT molecular complexity index is 842. The fourth-order valence-electron chi connectivity index (χ4n) is 7.92. The number of aliphatic carboxylic acids is 1. The molecule has 2 aliphatic heterocycles. The van der Waals surface area contributed by atoms with Gasteiger partial charge in [0.05, 0.1) is 38.0 Å². The lowest BCUT2D eigenvalue weighted by atomic mass is 10.0. The molecule has 338 valence electrons. The number of carboxylic acid groups (broad SMARTS) is 1. The number of aliphatic hydroxyl groups is 2. The average molecular weight is 828 g/mol. The third kappa shape index (κ3) is 38.6. The van der Waals surface area contributed by atoms with Crippen LogP contribution in [0.1, 0.15) is 232 Å². The molecule has 8 nitrogen and oxygen atoms in total. The van der Waals surface area contributed by atoms with E-state index in [9.17, 15) is 4.79 Å². The maximum absolute atomic E-state index is 9.24. The van der Waals surface area contributed by atoms with E-state index in [0.717, 1.165) is 52.1 Å². The van der Waals surface area contributed by atoms with Gasteiger partial charge in [-0.1, -0.05) is 206 Å². The summed E-state index contributed by atoms with van der Waals surface area (Å²) in [6.07, 6.45) is 47.6. The molecule has 0 aromatic carbocycles.